The number of phenolic OH excluding ortho intramolecular Hbond substituents is 1. The average Bonchev–Trinajstić information content (AvgIpc) is 3.31. The van der Waals surface area contributed by atoms with E-state index in [2.05, 4.69) is 34.9 Å². The molecule has 0 aliphatic heterocycles. The Morgan fingerprint density at radius 1 is 1.03 bits per heavy atom. The van der Waals surface area contributed by atoms with Gasteiger partial charge in [-0.3, -0.25) is 0 Å². The van der Waals surface area contributed by atoms with Crippen LogP contribution in [0.3, 0.4) is 0 Å². The molecule has 0 radical (unpaired) electrons. The molecule has 4 aromatic rings. The van der Waals surface area contributed by atoms with Crippen LogP contribution in [0.4, 0.5) is 27.9 Å². The first kappa shape index (κ1) is 18.6. The Morgan fingerprint density at radius 3 is 2.62 bits per heavy atom. The molecule has 1 aromatic carbocycles. The highest BCUT2D eigenvalue weighted by Crippen LogP contribution is 2.41. The van der Waals surface area contributed by atoms with Gasteiger partial charge in [-0.1, -0.05) is 0 Å². The quantitative estimate of drug-likeness (QED) is 0.466. The number of aromatic hydroxyl groups is 1. The van der Waals surface area contributed by atoms with E-state index in [4.69, 9.17) is 0 Å². The van der Waals surface area contributed by atoms with Gasteiger partial charge in [0.15, 0.2) is 16.5 Å². The number of phenols is 1. The SMILES string of the molecule is CN(C)c1cc(O)c(N=Nc2snc3ncccc23)cc1N=Nc1ccnn1C. The molecule has 11 heteroatoms. The summed E-state index contributed by atoms with van der Waals surface area (Å²) < 4.78 is 5.85. The molecule has 0 bridgehead atoms. The topological polar surface area (TPSA) is 117 Å². The van der Waals surface area contributed by atoms with Gasteiger partial charge in [0.25, 0.3) is 0 Å². The van der Waals surface area contributed by atoms with Gasteiger partial charge in [-0.15, -0.1) is 20.5 Å². The lowest BCUT2D eigenvalue weighted by Gasteiger charge is -2.15. The summed E-state index contributed by atoms with van der Waals surface area (Å²) in [4.78, 5) is 6.02. The molecule has 0 saturated carbocycles. The largest absolute Gasteiger partial charge is 0.506 e. The van der Waals surface area contributed by atoms with E-state index >= 15 is 0 Å². The Balaban J connectivity index is 1.72. The van der Waals surface area contributed by atoms with Crippen LogP contribution in [-0.2, 0) is 7.05 Å². The molecule has 0 spiro atoms. The first-order valence-corrected chi connectivity index (χ1v) is 9.36. The van der Waals surface area contributed by atoms with Gasteiger partial charge in [0.2, 0.25) is 0 Å². The molecule has 0 aliphatic rings. The van der Waals surface area contributed by atoms with Crippen LogP contribution in [-0.4, -0.2) is 38.3 Å². The van der Waals surface area contributed by atoms with Crippen molar-refractivity contribution in [2.24, 2.45) is 27.5 Å². The highest BCUT2D eigenvalue weighted by atomic mass is 32.1. The fourth-order valence-corrected chi connectivity index (χ4v) is 3.24. The fourth-order valence-electron chi connectivity index (χ4n) is 2.59. The summed E-state index contributed by atoms with van der Waals surface area (Å²) in [5.74, 6) is 0.596. The van der Waals surface area contributed by atoms with Gasteiger partial charge in [0.05, 0.1) is 17.3 Å². The Morgan fingerprint density at radius 2 is 1.86 bits per heavy atom. The molecular weight excluding hydrogens is 390 g/mol. The summed E-state index contributed by atoms with van der Waals surface area (Å²) in [6, 6.07) is 8.66. The smallest absolute Gasteiger partial charge is 0.175 e. The van der Waals surface area contributed by atoms with Crippen molar-refractivity contribution in [2.75, 3.05) is 19.0 Å². The van der Waals surface area contributed by atoms with Crippen molar-refractivity contribution >= 4 is 50.4 Å². The van der Waals surface area contributed by atoms with Crippen molar-refractivity contribution in [3.05, 3.63) is 42.7 Å². The minimum atomic E-state index is -0.0103. The minimum Gasteiger partial charge on any atom is -0.506 e. The van der Waals surface area contributed by atoms with Crippen LogP contribution >= 0.6 is 11.5 Å². The number of rotatable bonds is 5. The van der Waals surface area contributed by atoms with Crippen LogP contribution in [0.5, 0.6) is 5.75 Å². The Bertz CT molecular complexity index is 1230. The number of hydrogen-bond acceptors (Lipinski definition) is 10. The average molecular weight is 407 g/mol. The lowest BCUT2D eigenvalue weighted by molar-refractivity contribution is 0.476. The number of nitrogens with zero attached hydrogens (tertiary/aromatic N) is 9. The van der Waals surface area contributed by atoms with E-state index in [9.17, 15) is 5.11 Å². The zero-order chi connectivity index (χ0) is 20.4. The number of anilines is 1. The molecule has 10 nitrogen and oxygen atoms in total. The highest BCUT2D eigenvalue weighted by Gasteiger charge is 2.12. The van der Waals surface area contributed by atoms with Gasteiger partial charge in [0, 0.05) is 39.5 Å². The second-order valence-corrected chi connectivity index (χ2v) is 7.05. The van der Waals surface area contributed by atoms with Crippen LogP contribution in [0.1, 0.15) is 0 Å². The van der Waals surface area contributed by atoms with Crippen LogP contribution in [0, 0.1) is 0 Å². The fraction of sp³-hybridized carbons (Fsp3) is 0.167. The van der Waals surface area contributed by atoms with Crippen molar-refractivity contribution in [3.8, 4) is 5.75 Å². The molecule has 0 saturated heterocycles. The van der Waals surface area contributed by atoms with Crippen LogP contribution in [0.15, 0.2) is 63.2 Å². The maximum absolute atomic E-state index is 10.4. The number of aromatic nitrogens is 4. The van der Waals surface area contributed by atoms with Gasteiger partial charge in [-0.2, -0.15) is 9.47 Å². The van der Waals surface area contributed by atoms with Gasteiger partial charge < -0.3 is 10.0 Å². The number of aryl methyl sites for hydroxylation is 1. The second-order valence-electron chi connectivity index (χ2n) is 6.30. The van der Waals surface area contributed by atoms with Crippen molar-refractivity contribution in [2.45, 2.75) is 0 Å². The van der Waals surface area contributed by atoms with E-state index in [-0.39, 0.29) is 11.4 Å². The van der Waals surface area contributed by atoms with Crippen LogP contribution in [0.25, 0.3) is 11.0 Å². The monoisotopic (exact) mass is 407 g/mol. The molecule has 0 amide bonds. The van der Waals surface area contributed by atoms with Gasteiger partial charge in [-0.05, 0) is 29.7 Å². The van der Waals surface area contributed by atoms with E-state index in [1.807, 2.05) is 31.1 Å². The van der Waals surface area contributed by atoms with Gasteiger partial charge >= 0.3 is 0 Å². The van der Waals surface area contributed by atoms with Gasteiger partial charge in [-0.25, -0.2) is 9.67 Å². The van der Waals surface area contributed by atoms with Crippen LogP contribution in [0.2, 0.25) is 0 Å². The molecule has 0 fully saturated rings. The molecule has 0 unspecified atom stereocenters. The molecule has 3 heterocycles. The van der Waals surface area contributed by atoms with Crippen molar-refractivity contribution < 1.29 is 5.11 Å². The summed E-state index contributed by atoms with van der Waals surface area (Å²) in [5.41, 5.74) is 2.13. The van der Waals surface area contributed by atoms with E-state index in [0.29, 0.717) is 27.8 Å². The lowest BCUT2D eigenvalue weighted by Crippen LogP contribution is -2.08. The Hall–Kier alpha value is -3.73. The van der Waals surface area contributed by atoms with Gasteiger partial charge in [0.1, 0.15) is 17.1 Å². The highest BCUT2D eigenvalue weighted by molar-refractivity contribution is 7.11. The maximum atomic E-state index is 10.4. The normalized spacial score (nSPS) is 11.8. The molecule has 0 atom stereocenters. The van der Waals surface area contributed by atoms with E-state index in [1.165, 1.54) is 11.5 Å². The number of benzene rings is 1. The van der Waals surface area contributed by atoms with Crippen molar-refractivity contribution in [3.63, 3.8) is 0 Å². The van der Waals surface area contributed by atoms with E-state index in [1.54, 1.807) is 42.3 Å². The maximum Gasteiger partial charge on any atom is 0.175 e. The first-order chi connectivity index (χ1) is 14.0. The lowest BCUT2D eigenvalue weighted by atomic mass is 10.2. The molecule has 4 rings (SSSR count). The van der Waals surface area contributed by atoms with Crippen molar-refractivity contribution in [1.82, 2.24) is 19.1 Å². The Labute approximate surface area is 170 Å². The van der Waals surface area contributed by atoms with E-state index in [0.717, 1.165) is 5.39 Å². The number of fused-ring (bicyclic) bond motifs is 1. The molecule has 0 aliphatic carbocycles. The zero-order valence-corrected chi connectivity index (χ0v) is 16.7. The minimum absolute atomic E-state index is 0.0103. The standard InChI is InChI=1S/C18H17N9OS/c1-26(2)14-10-15(28)13(9-12(14)21-23-16-6-8-20-27(16)3)22-24-18-11-5-4-7-19-17(11)25-29-18/h4-10,28H,1-3H3. The number of hydrogen-bond donors (Lipinski definition) is 1. The number of azo groups is 2. The predicted molar refractivity (Wildman–Crippen MR) is 111 cm³/mol. The summed E-state index contributed by atoms with van der Waals surface area (Å²) >= 11 is 1.20. The molecular formula is C18H17N9OS. The summed E-state index contributed by atoms with van der Waals surface area (Å²) in [6.45, 7) is 0. The Kier molecular flexibility index (Phi) is 4.96. The van der Waals surface area contributed by atoms with E-state index < -0.39 is 0 Å². The third-order valence-electron chi connectivity index (χ3n) is 4.09. The third-order valence-corrected chi connectivity index (χ3v) is 4.83. The molecule has 1 N–H and O–H groups in total. The van der Waals surface area contributed by atoms with Crippen molar-refractivity contribution in [1.29, 1.82) is 0 Å². The third kappa shape index (κ3) is 3.80. The summed E-state index contributed by atoms with van der Waals surface area (Å²) in [6.07, 6.45) is 3.32. The molecule has 3 aromatic heterocycles. The second kappa shape index (κ2) is 7.72. The molecule has 146 valence electrons. The van der Waals surface area contributed by atoms with Crippen LogP contribution < -0.4 is 4.90 Å². The molecule has 29 heavy (non-hydrogen) atoms. The number of pyridine rings is 1. The first-order valence-electron chi connectivity index (χ1n) is 8.59. The zero-order valence-electron chi connectivity index (χ0n) is 15.9. The summed E-state index contributed by atoms with van der Waals surface area (Å²) in [7, 11) is 5.50. The predicted octanol–water partition coefficient (Wildman–Crippen LogP) is 5.03. The summed E-state index contributed by atoms with van der Waals surface area (Å²) in [5, 5.41) is 32.9.